The van der Waals surface area contributed by atoms with E-state index in [0.29, 0.717) is 17.5 Å². The van der Waals surface area contributed by atoms with Crippen LogP contribution in [-0.2, 0) is 0 Å². The van der Waals surface area contributed by atoms with E-state index in [1.807, 2.05) is 54.6 Å². The summed E-state index contributed by atoms with van der Waals surface area (Å²) in [7, 11) is 0. The first-order valence-corrected chi connectivity index (χ1v) is 15.7. The Hall–Kier alpha value is -6.39. The molecule has 2 aromatic heterocycles. The Bertz CT molecular complexity index is 2540. The molecule has 47 heavy (non-hydrogen) atoms. The van der Waals surface area contributed by atoms with Gasteiger partial charge in [0, 0.05) is 32.8 Å². The van der Waals surface area contributed by atoms with E-state index in [-0.39, 0.29) is 0 Å². The van der Waals surface area contributed by atoms with E-state index in [4.69, 9.17) is 19.4 Å². The average Bonchev–Trinajstić information content (AvgIpc) is 3.55. The monoisotopic (exact) mass is 601 g/mol. The lowest BCUT2D eigenvalue weighted by atomic mass is 9.94. The van der Waals surface area contributed by atoms with Crippen molar-refractivity contribution in [1.29, 1.82) is 0 Å². The maximum atomic E-state index is 6.63. The number of furan rings is 1. The quantitative estimate of drug-likeness (QED) is 0.197. The Balaban J connectivity index is 1.28. The Morgan fingerprint density at radius 2 is 0.851 bits per heavy atom. The minimum Gasteiger partial charge on any atom is -0.455 e. The molecule has 0 aliphatic carbocycles. The van der Waals surface area contributed by atoms with Crippen LogP contribution in [0, 0.1) is 0 Å². The molecule has 0 saturated heterocycles. The number of rotatable bonds is 5. The van der Waals surface area contributed by atoms with Crippen molar-refractivity contribution in [2.45, 2.75) is 0 Å². The summed E-state index contributed by atoms with van der Waals surface area (Å²) in [4.78, 5) is 15.2. The second-order valence-electron chi connectivity index (χ2n) is 11.6. The lowest BCUT2D eigenvalue weighted by molar-refractivity contribution is 0.673. The summed E-state index contributed by atoms with van der Waals surface area (Å²) in [5, 5.41) is 4.25. The minimum atomic E-state index is 0.601. The van der Waals surface area contributed by atoms with Crippen LogP contribution >= 0.6 is 0 Å². The number of nitrogens with zero attached hydrogens (tertiary/aromatic N) is 3. The number of benzene rings is 7. The van der Waals surface area contributed by atoms with Crippen molar-refractivity contribution in [3.63, 3.8) is 0 Å². The van der Waals surface area contributed by atoms with E-state index < -0.39 is 0 Å². The van der Waals surface area contributed by atoms with Crippen LogP contribution in [0.25, 0.3) is 89.1 Å². The van der Waals surface area contributed by atoms with Crippen molar-refractivity contribution in [3.8, 4) is 56.4 Å². The van der Waals surface area contributed by atoms with Crippen LogP contribution in [0.2, 0.25) is 0 Å². The highest BCUT2D eigenvalue weighted by Crippen LogP contribution is 2.42. The largest absolute Gasteiger partial charge is 0.455 e. The van der Waals surface area contributed by atoms with Crippen molar-refractivity contribution >= 4 is 32.7 Å². The average molecular weight is 602 g/mol. The fourth-order valence-electron chi connectivity index (χ4n) is 6.48. The third-order valence-electron chi connectivity index (χ3n) is 8.75. The van der Waals surface area contributed by atoms with Gasteiger partial charge in [-0.25, -0.2) is 15.0 Å². The molecule has 0 amide bonds. The fourth-order valence-corrected chi connectivity index (χ4v) is 6.48. The summed E-state index contributed by atoms with van der Waals surface area (Å²) in [5.74, 6) is 1.84. The minimum absolute atomic E-state index is 0.601. The Kier molecular flexibility index (Phi) is 6.43. The van der Waals surface area contributed by atoms with Gasteiger partial charge in [-0.05, 0) is 39.8 Å². The van der Waals surface area contributed by atoms with Gasteiger partial charge in [0.15, 0.2) is 17.5 Å². The van der Waals surface area contributed by atoms with Crippen molar-refractivity contribution < 1.29 is 4.42 Å². The van der Waals surface area contributed by atoms with Gasteiger partial charge < -0.3 is 4.42 Å². The van der Waals surface area contributed by atoms with Crippen molar-refractivity contribution in [3.05, 3.63) is 164 Å². The van der Waals surface area contributed by atoms with Gasteiger partial charge >= 0.3 is 0 Å². The molecule has 0 spiro atoms. The molecule has 9 aromatic rings. The van der Waals surface area contributed by atoms with Crippen molar-refractivity contribution in [2.75, 3.05) is 0 Å². The third kappa shape index (κ3) is 4.75. The summed E-state index contributed by atoms with van der Waals surface area (Å²) in [5.41, 5.74) is 9.03. The summed E-state index contributed by atoms with van der Waals surface area (Å²) in [6, 6.07) is 56.2. The second-order valence-corrected chi connectivity index (χ2v) is 11.6. The van der Waals surface area contributed by atoms with Crippen LogP contribution in [0.3, 0.4) is 0 Å². The van der Waals surface area contributed by atoms with E-state index in [9.17, 15) is 0 Å². The zero-order valence-corrected chi connectivity index (χ0v) is 25.3. The first-order valence-electron chi connectivity index (χ1n) is 15.7. The van der Waals surface area contributed by atoms with Gasteiger partial charge in [0.1, 0.15) is 11.2 Å². The van der Waals surface area contributed by atoms with Gasteiger partial charge in [0.2, 0.25) is 0 Å². The Morgan fingerprint density at radius 3 is 1.53 bits per heavy atom. The lowest BCUT2D eigenvalue weighted by Crippen LogP contribution is -2.00. The molecular weight excluding hydrogens is 574 g/mol. The predicted molar refractivity (Wildman–Crippen MR) is 192 cm³/mol. The van der Waals surface area contributed by atoms with E-state index >= 15 is 0 Å². The molecule has 2 heterocycles. The van der Waals surface area contributed by atoms with Gasteiger partial charge in [0.25, 0.3) is 0 Å². The summed E-state index contributed by atoms with van der Waals surface area (Å²) in [6.45, 7) is 0. The number of fused-ring (bicyclic) bond motifs is 5. The molecular formula is C43H27N3O. The van der Waals surface area contributed by atoms with Crippen LogP contribution < -0.4 is 0 Å². The van der Waals surface area contributed by atoms with E-state index in [1.54, 1.807) is 0 Å². The van der Waals surface area contributed by atoms with E-state index in [1.165, 1.54) is 5.56 Å². The lowest BCUT2D eigenvalue weighted by Gasteiger charge is -2.10. The summed E-state index contributed by atoms with van der Waals surface area (Å²) >= 11 is 0. The maximum absolute atomic E-state index is 6.63. The molecule has 0 N–H and O–H groups in total. The topological polar surface area (TPSA) is 51.8 Å². The van der Waals surface area contributed by atoms with Gasteiger partial charge in [-0.2, -0.15) is 0 Å². The molecule has 9 rings (SSSR count). The molecule has 7 aromatic carbocycles. The Labute approximate surface area is 271 Å². The van der Waals surface area contributed by atoms with Gasteiger partial charge in [-0.15, -0.1) is 0 Å². The highest BCUT2D eigenvalue weighted by atomic mass is 16.3. The first-order chi connectivity index (χ1) is 23.3. The second kappa shape index (κ2) is 11.2. The molecule has 4 heteroatoms. The number of hydrogen-bond acceptors (Lipinski definition) is 4. The molecule has 0 radical (unpaired) electrons. The Morgan fingerprint density at radius 1 is 0.340 bits per heavy atom. The first kappa shape index (κ1) is 27.0. The SMILES string of the molecule is c1ccc(-c2ccc(-c3nc(-c4ccccc4)nc(-c4cccc5oc6c7ccccc7c(-c7ccccc7)cc6c45)n3)cc2)cc1. The fraction of sp³-hybridized carbons (Fsp3) is 0. The van der Waals surface area contributed by atoms with Gasteiger partial charge in [-0.3, -0.25) is 0 Å². The van der Waals surface area contributed by atoms with Crippen LogP contribution in [0.15, 0.2) is 168 Å². The molecule has 220 valence electrons. The number of hydrogen-bond donors (Lipinski definition) is 0. The molecule has 0 unspecified atom stereocenters. The number of aromatic nitrogens is 3. The standard InChI is InChI=1S/C43H27N3O/c1-4-13-28(14-5-1)29-23-25-32(26-24-29)42-44-41(31-17-8-3-9-18-31)45-43(46-42)35-21-12-22-38-39(35)37-27-36(30-15-6-2-7-16-30)33-19-10-11-20-34(33)40(37)47-38/h1-27H. The third-order valence-corrected chi connectivity index (χ3v) is 8.75. The van der Waals surface area contributed by atoms with Crippen LogP contribution in [-0.4, -0.2) is 15.0 Å². The highest BCUT2D eigenvalue weighted by Gasteiger charge is 2.20. The zero-order valence-electron chi connectivity index (χ0n) is 25.3. The van der Waals surface area contributed by atoms with E-state index in [0.717, 1.165) is 66.1 Å². The van der Waals surface area contributed by atoms with Crippen molar-refractivity contribution in [1.82, 2.24) is 15.0 Å². The zero-order chi connectivity index (χ0) is 31.2. The molecule has 4 nitrogen and oxygen atoms in total. The van der Waals surface area contributed by atoms with Crippen LogP contribution in [0.5, 0.6) is 0 Å². The van der Waals surface area contributed by atoms with Gasteiger partial charge in [-0.1, -0.05) is 152 Å². The summed E-state index contributed by atoms with van der Waals surface area (Å²) in [6.07, 6.45) is 0. The van der Waals surface area contributed by atoms with E-state index in [2.05, 4.69) is 109 Å². The smallest absolute Gasteiger partial charge is 0.164 e. The molecule has 0 fully saturated rings. The van der Waals surface area contributed by atoms with Crippen LogP contribution in [0.1, 0.15) is 0 Å². The molecule has 0 saturated carbocycles. The van der Waals surface area contributed by atoms with Gasteiger partial charge in [0.05, 0.1) is 0 Å². The summed E-state index contributed by atoms with van der Waals surface area (Å²) < 4.78 is 6.63. The molecule has 0 atom stereocenters. The molecule has 0 aliphatic heterocycles. The maximum Gasteiger partial charge on any atom is 0.164 e. The molecule has 0 aliphatic rings. The predicted octanol–water partition coefficient (Wildman–Crippen LogP) is 11.3. The molecule has 0 bridgehead atoms. The normalized spacial score (nSPS) is 11.4. The van der Waals surface area contributed by atoms with Crippen molar-refractivity contribution in [2.24, 2.45) is 0 Å². The van der Waals surface area contributed by atoms with Crippen LogP contribution in [0.4, 0.5) is 0 Å². The highest BCUT2D eigenvalue weighted by molar-refractivity contribution is 6.21.